The molecule has 0 spiro atoms. The highest BCUT2D eigenvalue weighted by Gasteiger charge is 2.05. The predicted octanol–water partition coefficient (Wildman–Crippen LogP) is 3.47. The summed E-state index contributed by atoms with van der Waals surface area (Å²) in [4.78, 5) is 4.71. The van der Waals surface area contributed by atoms with Gasteiger partial charge in [0.2, 0.25) is 0 Å². The van der Waals surface area contributed by atoms with E-state index in [4.69, 9.17) is 9.73 Å². The Morgan fingerprint density at radius 1 is 1.13 bits per heavy atom. The van der Waals surface area contributed by atoms with E-state index >= 15 is 0 Å². The van der Waals surface area contributed by atoms with Crippen molar-refractivity contribution in [3.05, 3.63) is 35.4 Å². The molecule has 2 N–H and O–H groups in total. The molecule has 1 unspecified atom stereocenters. The number of aryl methyl sites for hydroxylation is 1. The molecule has 1 aromatic carbocycles. The van der Waals surface area contributed by atoms with Gasteiger partial charge in [-0.1, -0.05) is 36.8 Å². The Morgan fingerprint density at radius 2 is 1.87 bits per heavy atom. The molecule has 4 heteroatoms. The number of ether oxygens (including phenoxy) is 1. The number of rotatable bonds is 10. The van der Waals surface area contributed by atoms with Gasteiger partial charge in [0.25, 0.3) is 0 Å². The average molecular weight is 319 g/mol. The van der Waals surface area contributed by atoms with Crippen LogP contribution in [0.1, 0.15) is 50.7 Å². The van der Waals surface area contributed by atoms with Crippen LogP contribution < -0.4 is 10.6 Å². The highest BCUT2D eigenvalue weighted by Crippen LogP contribution is 2.15. The molecule has 4 nitrogen and oxygen atoms in total. The van der Waals surface area contributed by atoms with Crippen molar-refractivity contribution in [3.8, 4) is 0 Å². The van der Waals surface area contributed by atoms with E-state index in [0.29, 0.717) is 5.92 Å². The molecule has 0 fully saturated rings. The van der Waals surface area contributed by atoms with Gasteiger partial charge in [0.05, 0.1) is 0 Å². The van der Waals surface area contributed by atoms with Gasteiger partial charge in [0.1, 0.15) is 0 Å². The number of unbranched alkanes of at least 4 members (excludes halogenated alkanes) is 1. The molecule has 1 rings (SSSR count). The number of hydrogen-bond donors (Lipinski definition) is 2. The summed E-state index contributed by atoms with van der Waals surface area (Å²) >= 11 is 0. The first-order valence-electron chi connectivity index (χ1n) is 8.83. The number of aliphatic imine (C=N–C) groups is 1. The molecule has 0 radical (unpaired) electrons. The van der Waals surface area contributed by atoms with Crippen molar-refractivity contribution in [1.29, 1.82) is 0 Å². The van der Waals surface area contributed by atoms with Gasteiger partial charge in [0.15, 0.2) is 5.96 Å². The average Bonchev–Trinajstić information content (AvgIpc) is 2.56. The van der Waals surface area contributed by atoms with Gasteiger partial charge in [-0.25, -0.2) is 0 Å². The lowest BCUT2D eigenvalue weighted by molar-refractivity contribution is 0.143. The highest BCUT2D eigenvalue weighted by atomic mass is 16.5. The van der Waals surface area contributed by atoms with Crippen LogP contribution in [0.5, 0.6) is 0 Å². The van der Waals surface area contributed by atoms with Crippen LogP contribution in [0, 0.1) is 6.92 Å². The zero-order valence-electron chi connectivity index (χ0n) is 15.2. The van der Waals surface area contributed by atoms with Crippen molar-refractivity contribution in [1.82, 2.24) is 10.6 Å². The summed E-state index contributed by atoms with van der Waals surface area (Å²) in [5.74, 6) is 1.33. The number of benzene rings is 1. The van der Waals surface area contributed by atoms with Crippen LogP contribution in [0.4, 0.5) is 0 Å². The van der Waals surface area contributed by atoms with Gasteiger partial charge in [-0.3, -0.25) is 4.99 Å². The quantitative estimate of drug-likeness (QED) is 0.394. The molecule has 0 aliphatic heterocycles. The Labute approximate surface area is 141 Å². The lowest BCUT2D eigenvalue weighted by Gasteiger charge is -2.14. The molecule has 0 saturated heterocycles. The minimum atomic E-state index is 0.420. The first-order chi connectivity index (χ1) is 11.2. The predicted molar refractivity (Wildman–Crippen MR) is 99.3 cm³/mol. The van der Waals surface area contributed by atoms with E-state index in [2.05, 4.69) is 55.7 Å². The van der Waals surface area contributed by atoms with Crippen LogP contribution in [0.2, 0.25) is 0 Å². The lowest BCUT2D eigenvalue weighted by Crippen LogP contribution is -2.38. The van der Waals surface area contributed by atoms with Gasteiger partial charge >= 0.3 is 0 Å². The standard InChI is InChI=1S/C19H33N3O/c1-5-20-19(21-13-7-8-14-23-6-2)22-15-17(4)18-11-9-16(3)10-12-18/h9-12,17H,5-8,13-15H2,1-4H3,(H2,20,21,22). The summed E-state index contributed by atoms with van der Waals surface area (Å²) in [7, 11) is 0. The lowest BCUT2D eigenvalue weighted by atomic mass is 10.0. The Hall–Kier alpha value is -1.55. The largest absolute Gasteiger partial charge is 0.382 e. The Morgan fingerprint density at radius 3 is 2.52 bits per heavy atom. The first-order valence-corrected chi connectivity index (χ1v) is 8.83. The fourth-order valence-corrected chi connectivity index (χ4v) is 2.25. The summed E-state index contributed by atoms with van der Waals surface area (Å²) in [6.07, 6.45) is 2.18. The van der Waals surface area contributed by atoms with Gasteiger partial charge in [0, 0.05) is 38.8 Å². The van der Waals surface area contributed by atoms with Crippen molar-refractivity contribution in [2.45, 2.75) is 46.5 Å². The maximum Gasteiger partial charge on any atom is 0.191 e. The number of hydrogen-bond acceptors (Lipinski definition) is 2. The van der Waals surface area contributed by atoms with Crippen LogP contribution in [-0.2, 0) is 4.74 Å². The Balaban J connectivity index is 2.39. The van der Waals surface area contributed by atoms with Crippen LogP contribution in [-0.4, -0.2) is 38.8 Å². The molecule has 1 atom stereocenters. The summed E-state index contributed by atoms with van der Waals surface area (Å²) in [6, 6.07) is 8.72. The van der Waals surface area contributed by atoms with E-state index < -0.39 is 0 Å². The SMILES string of the molecule is CCNC(=NCC(C)c1ccc(C)cc1)NCCCCOCC. The normalized spacial score (nSPS) is 13.0. The Bertz CT molecular complexity index is 442. The van der Waals surface area contributed by atoms with Crippen LogP contribution in [0.15, 0.2) is 29.3 Å². The van der Waals surface area contributed by atoms with Gasteiger partial charge in [-0.05, 0) is 39.2 Å². The second-order valence-electron chi connectivity index (χ2n) is 5.86. The van der Waals surface area contributed by atoms with Gasteiger partial charge < -0.3 is 15.4 Å². The highest BCUT2D eigenvalue weighted by molar-refractivity contribution is 5.79. The summed E-state index contributed by atoms with van der Waals surface area (Å²) < 4.78 is 5.35. The molecule has 130 valence electrons. The summed E-state index contributed by atoms with van der Waals surface area (Å²) in [5.41, 5.74) is 2.64. The van der Waals surface area contributed by atoms with Crippen molar-refractivity contribution in [2.75, 3.05) is 32.8 Å². The molecule has 1 aromatic rings. The summed E-state index contributed by atoms with van der Waals surface area (Å²) in [6.45, 7) is 12.7. The fraction of sp³-hybridized carbons (Fsp3) is 0.632. The number of nitrogens with zero attached hydrogens (tertiary/aromatic N) is 1. The van der Waals surface area contributed by atoms with Crippen molar-refractivity contribution >= 4 is 5.96 Å². The van der Waals surface area contributed by atoms with E-state index in [1.807, 2.05) is 6.92 Å². The van der Waals surface area contributed by atoms with E-state index in [0.717, 1.165) is 51.6 Å². The smallest absolute Gasteiger partial charge is 0.191 e. The molecule has 0 bridgehead atoms. The molecule has 23 heavy (non-hydrogen) atoms. The number of guanidine groups is 1. The van der Waals surface area contributed by atoms with E-state index in [9.17, 15) is 0 Å². The number of nitrogens with one attached hydrogen (secondary N) is 2. The van der Waals surface area contributed by atoms with Crippen LogP contribution in [0.25, 0.3) is 0 Å². The minimum Gasteiger partial charge on any atom is -0.382 e. The molecule has 0 amide bonds. The van der Waals surface area contributed by atoms with E-state index in [-0.39, 0.29) is 0 Å². The third-order valence-electron chi connectivity index (χ3n) is 3.73. The van der Waals surface area contributed by atoms with Crippen LogP contribution >= 0.6 is 0 Å². The zero-order chi connectivity index (χ0) is 16.9. The minimum absolute atomic E-state index is 0.420. The van der Waals surface area contributed by atoms with Crippen molar-refractivity contribution < 1.29 is 4.74 Å². The molecule has 0 heterocycles. The van der Waals surface area contributed by atoms with Crippen LogP contribution in [0.3, 0.4) is 0 Å². The first kappa shape index (κ1) is 19.5. The molecule has 0 aliphatic rings. The molecule has 0 aromatic heterocycles. The van der Waals surface area contributed by atoms with E-state index in [1.165, 1.54) is 11.1 Å². The maximum absolute atomic E-state index is 5.35. The molecular weight excluding hydrogens is 286 g/mol. The second-order valence-corrected chi connectivity index (χ2v) is 5.86. The van der Waals surface area contributed by atoms with Crippen molar-refractivity contribution in [2.24, 2.45) is 4.99 Å². The monoisotopic (exact) mass is 319 g/mol. The molecular formula is C19H33N3O. The maximum atomic E-state index is 5.35. The third kappa shape index (κ3) is 8.60. The zero-order valence-corrected chi connectivity index (χ0v) is 15.2. The molecule has 0 saturated carbocycles. The Kier molecular flexibility index (Phi) is 10.1. The van der Waals surface area contributed by atoms with Gasteiger partial charge in [-0.2, -0.15) is 0 Å². The topological polar surface area (TPSA) is 45.7 Å². The second kappa shape index (κ2) is 11.9. The fourth-order valence-electron chi connectivity index (χ4n) is 2.25. The molecule has 0 aliphatic carbocycles. The van der Waals surface area contributed by atoms with Crippen molar-refractivity contribution in [3.63, 3.8) is 0 Å². The third-order valence-corrected chi connectivity index (χ3v) is 3.73. The van der Waals surface area contributed by atoms with Gasteiger partial charge in [-0.15, -0.1) is 0 Å². The summed E-state index contributed by atoms with van der Waals surface area (Å²) in [5, 5.41) is 6.71. The van der Waals surface area contributed by atoms with E-state index in [1.54, 1.807) is 0 Å².